The summed E-state index contributed by atoms with van der Waals surface area (Å²) in [4.78, 5) is 0. The van der Waals surface area contributed by atoms with Crippen LogP contribution in [0.2, 0.25) is 0 Å². The molecule has 1 fully saturated rings. The highest BCUT2D eigenvalue weighted by atomic mass is 79.9. The van der Waals surface area contributed by atoms with Gasteiger partial charge in [0.25, 0.3) is 0 Å². The van der Waals surface area contributed by atoms with E-state index in [0.717, 1.165) is 24.0 Å². The van der Waals surface area contributed by atoms with Gasteiger partial charge in [0.05, 0.1) is 17.6 Å². The van der Waals surface area contributed by atoms with Crippen molar-refractivity contribution in [1.82, 2.24) is 5.10 Å². The van der Waals surface area contributed by atoms with Gasteiger partial charge in [-0.15, -0.1) is 4.68 Å². The van der Waals surface area contributed by atoms with Crippen LogP contribution in [0, 0.1) is 0 Å². The van der Waals surface area contributed by atoms with Gasteiger partial charge in [0.2, 0.25) is 6.20 Å². The van der Waals surface area contributed by atoms with Crippen LogP contribution in [0.5, 0.6) is 0 Å². The number of aromatic nitrogens is 2. The standard InChI is InChI=1S/C12H13BrN2O/c1-12(8-16-12)4-5-15-7-9-6-10(13)2-3-11(9)14-15/h2-3,6-7H,4-5,8H2,1H3/p+1. The van der Waals surface area contributed by atoms with Gasteiger partial charge in [0, 0.05) is 10.9 Å². The van der Waals surface area contributed by atoms with Gasteiger partial charge in [0.15, 0.2) is 6.54 Å². The Morgan fingerprint density at radius 2 is 2.38 bits per heavy atom. The number of rotatable bonds is 3. The van der Waals surface area contributed by atoms with Crippen molar-refractivity contribution in [2.75, 3.05) is 6.61 Å². The zero-order valence-corrected chi connectivity index (χ0v) is 10.8. The molecule has 2 aromatic rings. The lowest BCUT2D eigenvalue weighted by Crippen LogP contribution is -2.36. The predicted octanol–water partition coefficient (Wildman–Crippen LogP) is 2.40. The van der Waals surface area contributed by atoms with Crippen molar-refractivity contribution in [2.24, 2.45) is 0 Å². The second-order valence-corrected chi connectivity index (χ2v) is 5.57. The van der Waals surface area contributed by atoms with Crippen LogP contribution < -0.4 is 4.68 Å². The average Bonchev–Trinajstić information content (AvgIpc) is 2.85. The van der Waals surface area contributed by atoms with Gasteiger partial charge >= 0.3 is 0 Å². The summed E-state index contributed by atoms with van der Waals surface area (Å²) in [6.07, 6.45) is 3.21. The van der Waals surface area contributed by atoms with Gasteiger partial charge in [-0.05, 0) is 25.1 Å². The molecule has 0 spiro atoms. The average molecular weight is 282 g/mol. The third-order valence-electron chi connectivity index (χ3n) is 3.09. The van der Waals surface area contributed by atoms with Crippen LogP contribution in [0.3, 0.4) is 0 Å². The van der Waals surface area contributed by atoms with E-state index in [1.54, 1.807) is 0 Å². The minimum atomic E-state index is 0.130. The Kier molecular flexibility index (Phi) is 2.30. The van der Waals surface area contributed by atoms with Crippen LogP contribution in [0.15, 0.2) is 28.9 Å². The van der Waals surface area contributed by atoms with Crippen LogP contribution in [0.4, 0.5) is 0 Å². The Labute approximate surface area is 103 Å². The smallest absolute Gasteiger partial charge is 0.203 e. The van der Waals surface area contributed by atoms with Crippen molar-refractivity contribution in [3.8, 4) is 0 Å². The van der Waals surface area contributed by atoms with E-state index in [0.29, 0.717) is 0 Å². The fourth-order valence-corrected chi connectivity index (χ4v) is 2.22. The lowest BCUT2D eigenvalue weighted by molar-refractivity contribution is -0.749. The van der Waals surface area contributed by atoms with E-state index < -0.39 is 0 Å². The Morgan fingerprint density at radius 1 is 1.56 bits per heavy atom. The first-order valence-electron chi connectivity index (χ1n) is 5.46. The predicted molar refractivity (Wildman–Crippen MR) is 65.2 cm³/mol. The number of H-pyrrole nitrogens is 1. The van der Waals surface area contributed by atoms with Gasteiger partial charge in [0.1, 0.15) is 5.52 Å². The molecular formula is C12H14BrN2O+. The van der Waals surface area contributed by atoms with Gasteiger partial charge < -0.3 is 4.74 Å². The minimum Gasteiger partial charge on any atom is -0.370 e. The molecule has 1 aromatic carbocycles. The Bertz CT molecular complexity index is 531. The van der Waals surface area contributed by atoms with Crippen LogP contribution in [0.1, 0.15) is 13.3 Å². The zero-order chi connectivity index (χ0) is 11.2. The molecule has 1 N–H and O–H groups in total. The molecule has 2 heterocycles. The maximum atomic E-state index is 5.38. The molecular weight excluding hydrogens is 268 g/mol. The molecule has 1 aliphatic rings. The Balaban J connectivity index is 1.82. The van der Waals surface area contributed by atoms with Crippen molar-refractivity contribution < 1.29 is 9.42 Å². The van der Waals surface area contributed by atoms with Gasteiger partial charge in [-0.3, -0.25) is 0 Å². The minimum absolute atomic E-state index is 0.130. The molecule has 0 saturated carbocycles. The van der Waals surface area contributed by atoms with Crippen molar-refractivity contribution in [3.63, 3.8) is 0 Å². The van der Waals surface area contributed by atoms with E-state index in [1.165, 1.54) is 10.9 Å². The molecule has 0 amide bonds. The number of nitrogens with one attached hydrogen (secondary N) is 1. The molecule has 0 bridgehead atoms. The lowest BCUT2D eigenvalue weighted by Gasteiger charge is -1.98. The molecule has 1 saturated heterocycles. The van der Waals surface area contributed by atoms with E-state index in [9.17, 15) is 0 Å². The molecule has 1 unspecified atom stereocenters. The van der Waals surface area contributed by atoms with Gasteiger partial charge in [-0.2, -0.15) is 5.10 Å². The molecule has 84 valence electrons. The van der Waals surface area contributed by atoms with E-state index in [1.807, 2.05) is 0 Å². The zero-order valence-electron chi connectivity index (χ0n) is 9.16. The summed E-state index contributed by atoms with van der Waals surface area (Å²) < 4.78 is 8.62. The summed E-state index contributed by atoms with van der Waals surface area (Å²) in [6.45, 7) is 4.04. The van der Waals surface area contributed by atoms with Crippen molar-refractivity contribution in [2.45, 2.75) is 25.5 Å². The third-order valence-corrected chi connectivity index (χ3v) is 3.58. The maximum Gasteiger partial charge on any atom is 0.203 e. The Morgan fingerprint density at radius 3 is 3.12 bits per heavy atom. The first-order valence-corrected chi connectivity index (χ1v) is 6.26. The third kappa shape index (κ3) is 1.99. The normalized spacial score (nSPS) is 23.9. The number of hydrogen-bond acceptors (Lipinski definition) is 1. The molecule has 0 radical (unpaired) electrons. The molecule has 3 rings (SSSR count). The van der Waals surface area contributed by atoms with Gasteiger partial charge in [-0.1, -0.05) is 15.9 Å². The summed E-state index contributed by atoms with van der Waals surface area (Å²) in [5.74, 6) is 0. The maximum absolute atomic E-state index is 5.38. The van der Waals surface area contributed by atoms with Crippen molar-refractivity contribution in [3.05, 3.63) is 28.9 Å². The second-order valence-electron chi connectivity index (χ2n) is 4.65. The Hall–Kier alpha value is -0.870. The number of benzene rings is 1. The lowest BCUT2D eigenvalue weighted by atomic mass is 10.1. The van der Waals surface area contributed by atoms with E-state index >= 15 is 0 Å². The summed E-state index contributed by atoms with van der Waals surface area (Å²) in [5.41, 5.74) is 1.30. The monoisotopic (exact) mass is 281 g/mol. The highest BCUT2D eigenvalue weighted by Crippen LogP contribution is 2.29. The van der Waals surface area contributed by atoms with E-state index in [-0.39, 0.29) is 5.60 Å². The summed E-state index contributed by atoms with van der Waals surface area (Å²) in [7, 11) is 0. The van der Waals surface area contributed by atoms with Gasteiger partial charge in [-0.25, -0.2) is 0 Å². The summed E-state index contributed by atoms with van der Waals surface area (Å²) in [5, 5.41) is 4.60. The SMILES string of the molecule is CC1(CC[n+]2cc3cc(Br)ccc3[nH]2)CO1. The summed E-state index contributed by atoms with van der Waals surface area (Å²) in [6, 6.07) is 6.26. The number of ether oxygens (including phenoxy) is 1. The number of hydrogen-bond donors (Lipinski definition) is 1. The molecule has 1 atom stereocenters. The molecule has 16 heavy (non-hydrogen) atoms. The molecule has 1 aliphatic heterocycles. The van der Waals surface area contributed by atoms with E-state index in [4.69, 9.17) is 4.74 Å². The number of aryl methyl sites for hydroxylation is 1. The number of halogens is 1. The first kappa shape index (κ1) is 10.3. The second kappa shape index (κ2) is 3.57. The highest BCUT2D eigenvalue weighted by Gasteiger charge is 2.40. The highest BCUT2D eigenvalue weighted by molar-refractivity contribution is 9.10. The van der Waals surface area contributed by atoms with Crippen molar-refractivity contribution in [1.29, 1.82) is 0 Å². The fraction of sp³-hybridized carbons (Fsp3) is 0.417. The molecule has 0 aliphatic carbocycles. The molecule has 3 nitrogen and oxygen atoms in total. The largest absolute Gasteiger partial charge is 0.370 e. The fourth-order valence-electron chi connectivity index (χ4n) is 1.84. The van der Waals surface area contributed by atoms with Crippen LogP contribution in [0.25, 0.3) is 10.9 Å². The van der Waals surface area contributed by atoms with E-state index in [2.05, 4.69) is 57.0 Å². The quantitative estimate of drug-likeness (QED) is 0.680. The topological polar surface area (TPSA) is 32.2 Å². The van der Waals surface area contributed by atoms with Crippen molar-refractivity contribution >= 4 is 26.8 Å². The van der Waals surface area contributed by atoms with Crippen LogP contribution >= 0.6 is 15.9 Å². The number of aromatic amines is 1. The molecule has 4 heteroatoms. The first-order chi connectivity index (χ1) is 7.65. The van der Waals surface area contributed by atoms with Crippen LogP contribution in [-0.2, 0) is 11.3 Å². The number of fused-ring (bicyclic) bond motifs is 1. The van der Waals surface area contributed by atoms with Crippen LogP contribution in [-0.4, -0.2) is 17.3 Å². The number of epoxide rings is 1. The summed E-state index contributed by atoms with van der Waals surface area (Å²) >= 11 is 3.48. The number of nitrogens with zero attached hydrogens (tertiary/aromatic N) is 1. The molecule has 1 aromatic heterocycles.